The van der Waals surface area contributed by atoms with Crippen LogP contribution in [0.15, 0.2) is 0 Å². The van der Waals surface area contributed by atoms with E-state index in [0.717, 1.165) is 38.9 Å². The van der Waals surface area contributed by atoms with Crippen LogP contribution in [0.25, 0.3) is 0 Å². The minimum Gasteiger partial charge on any atom is -0.444 e. The Bertz CT molecular complexity index is 337. The second-order valence-corrected chi connectivity index (χ2v) is 7.80. The van der Waals surface area contributed by atoms with Crippen molar-refractivity contribution in [1.29, 1.82) is 0 Å². The highest BCUT2D eigenvalue weighted by Crippen LogP contribution is 2.17. The van der Waals surface area contributed by atoms with Gasteiger partial charge in [0.25, 0.3) is 0 Å². The zero-order chi connectivity index (χ0) is 16.1. The Morgan fingerprint density at radius 2 is 1.90 bits per heavy atom. The van der Waals surface area contributed by atoms with E-state index >= 15 is 0 Å². The Kier molecular flexibility index (Phi) is 6.47. The average molecular weight is 300 g/mol. The zero-order valence-electron chi connectivity index (χ0n) is 14.2. The van der Waals surface area contributed by atoms with E-state index in [1.807, 2.05) is 39.5 Å². The van der Waals surface area contributed by atoms with Crippen LogP contribution in [0.5, 0.6) is 0 Å². The highest BCUT2D eigenvalue weighted by Gasteiger charge is 2.26. The molecule has 124 valence electrons. The molecule has 0 saturated carbocycles. The predicted molar refractivity (Wildman–Crippen MR) is 84.3 cm³/mol. The first kappa shape index (κ1) is 18.2. The Balaban J connectivity index is 2.42. The van der Waals surface area contributed by atoms with Gasteiger partial charge in [-0.05, 0) is 40.0 Å². The smallest absolute Gasteiger partial charge is 0.410 e. The van der Waals surface area contributed by atoms with Crippen LogP contribution >= 0.6 is 0 Å². The number of rotatable bonds is 4. The minimum atomic E-state index is -0.438. The first-order chi connectivity index (χ1) is 9.63. The molecule has 5 nitrogen and oxygen atoms in total. The number of aliphatic hydroxyl groups excluding tert-OH is 1. The van der Waals surface area contributed by atoms with Gasteiger partial charge in [-0.1, -0.05) is 13.8 Å². The van der Waals surface area contributed by atoms with Crippen LogP contribution < -0.4 is 5.32 Å². The summed E-state index contributed by atoms with van der Waals surface area (Å²) in [7, 11) is 0. The van der Waals surface area contributed by atoms with Crippen LogP contribution in [-0.2, 0) is 4.74 Å². The molecule has 0 aromatic heterocycles. The fraction of sp³-hybridized carbons (Fsp3) is 0.938. The first-order valence-corrected chi connectivity index (χ1v) is 7.95. The number of amides is 1. The van der Waals surface area contributed by atoms with Crippen molar-refractivity contribution in [2.75, 3.05) is 26.2 Å². The van der Waals surface area contributed by atoms with E-state index < -0.39 is 5.60 Å². The number of likely N-dealkylation sites (tertiary alicyclic amines) is 1. The molecule has 1 fully saturated rings. The van der Waals surface area contributed by atoms with E-state index in [2.05, 4.69) is 5.32 Å². The molecule has 0 aromatic carbocycles. The lowest BCUT2D eigenvalue weighted by Gasteiger charge is -2.27. The van der Waals surface area contributed by atoms with Gasteiger partial charge in [0, 0.05) is 37.7 Å². The van der Waals surface area contributed by atoms with Crippen LogP contribution in [0.3, 0.4) is 0 Å². The quantitative estimate of drug-likeness (QED) is 0.837. The second kappa shape index (κ2) is 7.45. The Hall–Kier alpha value is -0.810. The molecule has 0 radical (unpaired) electrons. The first-order valence-electron chi connectivity index (χ1n) is 7.95. The molecule has 0 aromatic rings. The van der Waals surface area contributed by atoms with Gasteiger partial charge < -0.3 is 20.1 Å². The highest BCUT2D eigenvalue weighted by atomic mass is 16.6. The second-order valence-electron chi connectivity index (χ2n) is 7.80. The molecule has 1 rings (SSSR count). The van der Waals surface area contributed by atoms with Gasteiger partial charge >= 0.3 is 6.09 Å². The maximum absolute atomic E-state index is 12.1. The van der Waals surface area contributed by atoms with E-state index in [1.54, 1.807) is 0 Å². The molecule has 2 N–H and O–H groups in total. The molecule has 5 heteroatoms. The monoisotopic (exact) mass is 300 g/mol. The van der Waals surface area contributed by atoms with Crippen molar-refractivity contribution in [3.63, 3.8) is 0 Å². The van der Waals surface area contributed by atoms with Gasteiger partial charge in [-0.15, -0.1) is 0 Å². The number of hydrogen-bond donors (Lipinski definition) is 2. The maximum atomic E-state index is 12.1. The van der Waals surface area contributed by atoms with Gasteiger partial charge in [0.15, 0.2) is 0 Å². The fourth-order valence-electron chi connectivity index (χ4n) is 2.29. The third-order valence-electron chi connectivity index (χ3n) is 3.68. The number of aliphatic hydroxyl groups is 1. The largest absolute Gasteiger partial charge is 0.444 e. The summed E-state index contributed by atoms with van der Waals surface area (Å²) in [5, 5.41) is 12.8. The van der Waals surface area contributed by atoms with Crippen LogP contribution in [0.2, 0.25) is 0 Å². The molecule has 21 heavy (non-hydrogen) atoms. The SMILES string of the molecule is CC(C)(CO)CNC1CCCN(C(=O)OC(C)(C)C)CC1. The molecule has 0 bridgehead atoms. The lowest BCUT2D eigenvalue weighted by Crippen LogP contribution is -2.40. The van der Waals surface area contributed by atoms with E-state index in [0.29, 0.717) is 6.04 Å². The Morgan fingerprint density at radius 1 is 1.24 bits per heavy atom. The summed E-state index contributed by atoms with van der Waals surface area (Å²) < 4.78 is 5.43. The van der Waals surface area contributed by atoms with Crippen LogP contribution in [-0.4, -0.2) is 54.0 Å². The normalized spacial score (nSPS) is 21.0. The third kappa shape index (κ3) is 7.14. The molecule has 1 aliphatic rings. The highest BCUT2D eigenvalue weighted by molar-refractivity contribution is 5.68. The van der Waals surface area contributed by atoms with Gasteiger partial charge in [0.1, 0.15) is 5.60 Å². The fourth-order valence-corrected chi connectivity index (χ4v) is 2.29. The number of ether oxygens (including phenoxy) is 1. The summed E-state index contributed by atoms with van der Waals surface area (Å²) in [5.41, 5.74) is -0.538. The molecule has 1 saturated heterocycles. The third-order valence-corrected chi connectivity index (χ3v) is 3.68. The summed E-state index contributed by atoms with van der Waals surface area (Å²) in [6.07, 6.45) is 2.76. The number of hydrogen-bond acceptors (Lipinski definition) is 4. The lowest BCUT2D eigenvalue weighted by molar-refractivity contribution is 0.0256. The summed E-state index contributed by atoms with van der Waals surface area (Å²) in [4.78, 5) is 13.9. The van der Waals surface area contributed by atoms with Crippen molar-refractivity contribution in [3.05, 3.63) is 0 Å². The van der Waals surface area contributed by atoms with Crippen molar-refractivity contribution in [3.8, 4) is 0 Å². The van der Waals surface area contributed by atoms with Crippen LogP contribution in [0, 0.1) is 5.41 Å². The molecule has 1 heterocycles. The van der Waals surface area contributed by atoms with Crippen molar-refractivity contribution in [1.82, 2.24) is 10.2 Å². The van der Waals surface area contributed by atoms with Crippen LogP contribution in [0.4, 0.5) is 4.79 Å². The molecule has 1 unspecified atom stereocenters. The van der Waals surface area contributed by atoms with Gasteiger partial charge in [-0.2, -0.15) is 0 Å². The van der Waals surface area contributed by atoms with Gasteiger partial charge in [-0.3, -0.25) is 0 Å². The molecular formula is C16H32N2O3. The zero-order valence-corrected chi connectivity index (χ0v) is 14.2. The maximum Gasteiger partial charge on any atom is 0.410 e. The number of carbonyl (C=O) groups is 1. The topological polar surface area (TPSA) is 61.8 Å². The van der Waals surface area contributed by atoms with E-state index in [1.165, 1.54) is 0 Å². The van der Waals surface area contributed by atoms with Crippen molar-refractivity contribution in [2.24, 2.45) is 5.41 Å². The number of carbonyl (C=O) groups excluding carboxylic acids is 1. The van der Waals surface area contributed by atoms with Crippen molar-refractivity contribution < 1.29 is 14.6 Å². The summed E-state index contributed by atoms with van der Waals surface area (Å²) >= 11 is 0. The Morgan fingerprint density at radius 3 is 2.48 bits per heavy atom. The van der Waals surface area contributed by atoms with Gasteiger partial charge in [-0.25, -0.2) is 4.79 Å². The predicted octanol–water partition coefficient (Wildman–Crippen LogP) is 2.38. The minimum absolute atomic E-state index is 0.100. The average Bonchev–Trinajstić information content (AvgIpc) is 2.60. The molecule has 1 amide bonds. The van der Waals surface area contributed by atoms with Gasteiger partial charge in [0.05, 0.1) is 0 Å². The van der Waals surface area contributed by atoms with E-state index in [4.69, 9.17) is 4.74 Å². The molecule has 1 aliphatic heterocycles. The number of nitrogens with zero attached hydrogens (tertiary/aromatic N) is 1. The molecule has 0 spiro atoms. The van der Waals surface area contributed by atoms with Crippen molar-refractivity contribution >= 4 is 6.09 Å². The molecular weight excluding hydrogens is 268 g/mol. The van der Waals surface area contributed by atoms with E-state index in [9.17, 15) is 9.90 Å². The lowest BCUT2D eigenvalue weighted by atomic mass is 9.94. The number of nitrogens with one attached hydrogen (secondary N) is 1. The standard InChI is InChI=1S/C16H32N2O3/c1-15(2,3)21-14(20)18-9-6-7-13(8-10-18)17-11-16(4,5)12-19/h13,17,19H,6-12H2,1-5H3. The molecule has 0 aliphatic carbocycles. The van der Waals surface area contributed by atoms with Crippen molar-refractivity contribution in [2.45, 2.75) is 65.5 Å². The van der Waals surface area contributed by atoms with E-state index in [-0.39, 0.29) is 18.1 Å². The summed E-state index contributed by atoms with van der Waals surface area (Å²) in [6.45, 7) is 12.2. The summed E-state index contributed by atoms with van der Waals surface area (Å²) in [5.74, 6) is 0. The molecule has 1 atom stereocenters. The summed E-state index contributed by atoms with van der Waals surface area (Å²) in [6, 6.07) is 0.406. The van der Waals surface area contributed by atoms with Gasteiger partial charge in [0.2, 0.25) is 0 Å². The Labute approximate surface area is 129 Å². The van der Waals surface area contributed by atoms with Crippen LogP contribution in [0.1, 0.15) is 53.9 Å².